The van der Waals surface area contributed by atoms with Crippen LogP contribution < -0.4 is 10.2 Å². The zero-order valence-corrected chi connectivity index (χ0v) is 15.1. The Hall–Kier alpha value is -1.92. The molecule has 0 aliphatic carbocycles. The molecule has 1 N–H and O–H groups in total. The SMILES string of the molecule is Cc1ccccc1[C@H](C)NC(=O)CN1CCN(c2nccs2)CC1. The van der Waals surface area contributed by atoms with Gasteiger partial charge in [-0.05, 0) is 25.0 Å². The molecule has 1 aromatic carbocycles. The molecule has 1 aromatic heterocycles. The second-order valence-corrected chi connectivity index (χ2v) is 7.10. The number of rotatable bonds is 5. The van der Waals surface area contributed by atoms with Crippen molar-refractivity contribution in [3.63, 3.8) is 0 Å². The van der Waals surface area contributed by atoms with Crippen molar-refractivity contribution in [2.24, 2.45) is 0 Å². The first kappa shape index (κ1) is 16.9. The van der Waals surface area contributed by atoms with E-state index in [1.165, 1.54) is 11.1 Å². The van der Waals surface area contributed by atoms with Crippen LogP contribution in [-0.4, -0.2) is 48.5 Å². The van der Waals surface area contributed by atoms with Gasteiger partial charge in [-0.1, -0.05) is 24.3 Å². The van der Waals surface area contributed by atoms with Gasteiger partial charge in [0.25, 0.3) is 0 Å². The van der Waals surface area contributed by atoms with Gasteiger partial charge in [0, 0.05) is 37.8 Å². The fraction of sp³-hybridized carbons (Fsp3) is 0.444. The number of nitrogens with zero attached hydrogens (tertiary/aromatic N) is 3. The van der Waals surface area contributed by atoms with Gasteiger partial charge in [0.1, 0.15) is 0 Å². The third-order valence-electron chi connectivity index (χ3n) is 4.46. The zero-order valence-electron chi connectivity index (χ0n) is 14.2. The molecule has 2 aromatic rings. The number of nitrogens with one attached hydrogen (secondary N) is 1. The average molecular weight is 344 g/mol. The molecule has 5 nitrogen and oxygen atoms in total. The molecule has 3 rings (SSSR count). The maximum absolute atomic E-state index is 12.3. The number of benzene rings is 1. The highest BCUT2D eigenvalue weighted by Gasteiger charge is 2.21. The van der Waals surface area contributed by atoms with E-state index in [0.717, 1.165) is 31.3 Å². The largest absolute Gasteiger partial charge is 0.348 e. The Morgan fingerprint density at radius 2 is 2.04 bits per heavy atom. The summed E-state index contributed by atoms with van der Waals surface area (Å²) in [5.74, 6) is 0.0912. The molecule has 1 atom stereocenters. The van der Waals surface area contributed by atoms with Gasteiger partial charge in [-0.25, -0.2) is 4.98 Å². The molecule has 1 saturated heterocycles. The second-order valence-electron chi connectivity index (χ2n) is 6.22. The van der Waals surface area contributed by atoms with Crippen LogP contribution in [-0.2, 0) is 4.79 Å². The summed E-state index contributed by atoms with van der Waals surface area (Å²) in [6.45, 7) is 8.22. The summed E-state index contributed by atoms with van der Waals surface area (Å²) in [7, 11) is 0. The number of anilines is 1. The lowest BCUT2D eigenvalue weighted by Crippen LogP contribution is -2.49. The van der Waals surface area contributed by atoms with E-state index in [9.17, 15) is 4.79 Å². The van der Waals surface area contributed by atoms with Crippen molar-refractivity contribution in [3.8, 4) is 0 Å². The van der Waals surface area contributed by atoms with Crippen molar-refractivity contribution in [2.75, 3.05) is 37.6 Å². The van der Waals surface area contributed by atoms with E-state index >= 15 is 0 Å². The van der Waals surface area contributed by atoms with E-state index in [0.29, 0.717) is 6.54 Å². The van der Waals surface area contributed by atoms with Crippen LogP contribution in [0.5, 0.6) is 0 Å². The molecule has 0 spiro atoms. The van der Waals surface area contributed by atoms with E-state index in [1.54, 1.807) is 11.3 Å². The number of piperazine rings is 1. The van der Waals surface area contributed by atoms with Crippen LogP contribution in [0.2, 0.25) is 0 Å². The Kier molecular flexibility index (Phi) is 5.48. The monoisotopic (exact) mass is 344 g/mol. The lowest BCUT2D eigenvalue weighted by molar-refractivity contribution is -0.123. The quantitative estimate of drug-likeness (QED) is 0.905. The van der Waals surface area contributed by atoms with Crippen molar-refractivity contribution in [2.45, 2.75) is 19.9 Å². The molecule has 128 valence electrons. The van der Waals surface area contributed by atoms with E-state index < -0.39 is 0 Å². The third-order valence-corrected chi connectivity index (χ3v) is 5.29. The molecular formula is C18H24N4OS. The first-order chi connectivity index (χ1) is 11.6. The summed E-state index contributed by atoms with van der Waals surface area (Å²) in [6.07, 6.45) is 1.84. The molecule has 2 heterocycles. The van der Waals surface area contributed by atoms with Gasteiger partial charge in [-0.15, -0.1) is 11.3 Å². The Morgan fingerprint density at radius 1 is 1.29 bits per heavy atom. The molecule has 24 heavy (non-hydrogen) atoms. The van der Waals surface area contributed by atoms with Crippen LogP contribution in [0.3, 0.4) is 0 Å². The number of amides is 1. The lowest BCUT2D eigenvalue weighted by Gasteiger charge is -2.34. The predicted octanol–water partition coefficient (Wildman–Crippen LogP) is 2.45. The first-order valence-electron chi connectivity index (χ1n) is 8.35. The van der Waals surface area contributed by atoms with E-state index in [1.807, 2.05) is 30.6 Å². The van der Waals surface area contributed by atoms with Gasteiger partial charge in [0.15, 0.2) is 5.13 Å². The smallest absolute Gasteiger partial charge is 0.234 e. The maximum Gasteiger partial charge on any atom is 0.234 e. The summed E-state index contributed by atoms with van der Waals surface area (Å²) in [5.41, 5.74) is 2.39. The number of aryl methyl sites for hydroxylation is 1. The van der Waals surface area contributed by atoms with Crippen molar-refractivity contribution in [3.05, 3.63) is 47.0 Å². The van der Waals surface area contributed by atoms with Gasteiger partial charge < -0.3 is 10.2 Å². The third kappa shape index (κ3) is 4.13. The van der Waals surface area contributed by atoms with E-state index in [2.05, 4.69) is 39.2 Å². The number of carbonyl (C=O) groups is 1. The highest BCUT2D eigenvalue weighted by atomic mass is 32.1. The number of carbonyl (C=O) groups excluding carboxylic acids is 1. The fourth-order valence-corrected chi connectivity index (χ4v) is 3.81. The van der Waals surface area contributed by atoms with Crippen molar-refractivity contribution >= 4 is 22.4 Å². The highest BCUT2D eigenvalue weighted by molar-refractivity contribution is 7.13. The lowest BCUT2D eigenvalue weighted by atomic mass is 10.0. The first-order valence-corrected chi connectivity index (χ1v) is 9.23. The van der Waals surface area contributed by atoms with Crippen LogP contribution in [0.4, 0.5) is 5.13 Å². The zero-order chi connectivity index (χ0) is 16.9. The molecule has 6 heteroatoms. The maximum atomic E-state index is 12.3. The minimum absolute atomic E-state index is 0.0373. The van der Waals surface area contributed by atoms with Crippen LogP contribution in [0.1, 0.15) is 24.1 Å². The Bertz CT molecular complexity index is 665. The number of hydrogen-bond donors (Lipinski definition) is 1. The Morgan fingerprint density at radius 3 is 2.71 bits per heavy atom. The molecule has 0 saturated carbocycles. The van der Waals surface area contributed by atoms with Gasteiger partial charge in [0.05, 0.1) is 12.6 Å². The summed E-state index contributed by atoms with van der Waals surface area (Å²) in [6, 6.07) is 8.23. The van der Waals surface area contributed by atoms with Gasteiger partial charge in [-0.3, -0.25) is 9.69 Å². The Labute approximate surface area is 147 Å². The molecule has 1 aliphatic rings. The van der Waals surface area contributed by atoms with Gasteiger partial charge in [0.2, 0.25) is 5.91 Å². The minimum atomic E-state index is 0.0373. The fourth-order valence-electron chi connectivity index (χ4n) is 3.11. The normalized spacial score (nSPS) is 16.8. The molecular weight excluding hydrogens is 320 g/mol. The predicted molar refractivity (Wildman–Crippen MR) is 98.5 cm³/mol. The summed E-state index contributed by atoms with van der Waals surface area (Å²) >= 11 is 1.67. The average Bonchev–Trinajstić information content (AvgIpc) is 3.10. The molecule has 0 radical (unpaired) electrons. The van der Waals surface area contributed by atoms with Gasteiger partial charge >= 0.3 is 0 Å². The summed E-state index contributed by atoms with van der Waals surface area (Å²) in [5, 5.41) is 6.20. The second kappa shape index (κ2) is 7.77. The topological polar surface area (TPSA) is 48.5 Å². The van der Waals surface area contributed by atoms with Crippen LogP contribution in [0.25, 0.3) is 0 Å². The van der Waals surface area contributed by atoms with E-state index in [-0.39, 0.29) is 11.9 Å². The summed E-state index contributed by atoms with van der Waals surface area (Å²) < 4.78 is 0. The van der Waals surface area contributed by atoms with Crippen LogP contribution >= 0.6 is 11.3 Å². The van der Waals surface area contributed by atoms with Crippen molar-refractivity contribution in [1.29, 1.82) is 0 Å². The minimum Gasteiger partial charge on any atom is -0.348 e. The van der Waals surface area contributed by atoms with Crippen LogP contribution in [0.15, 0.2) is 35.8 Å². The Balaban J connectivity index is 1.47. The number of hydrogen-bond acceptors (Lipinski definition) is 5. The van der Waals surface area contributed by atoms with Crippen molar-refractivity contribution < 1.29 is 4.79 Å². The standard InChI is InChI=1S/C18H24N4OS/c1-14-5-3-4-6-16(14)15(2)20-17(23)13-21-8-10-22(11-9-21)18-19-7-12-24-18/h3-7,12,15H,8-11,13H2,1-2H3,(H,20,23)/t15-/m0/s1. The molecule has 0 unspecified atom stereocenters. The highest BCUT2D eigenvalue weighted by Crippen LogP contribution is 2.19. The molecule has 1 aliphatic heterocycles. The molecule has 1 amide bonds. The summed E-state index contributed by atoms with van der Waals surface area (Å²) in [4.78, 5) is 21.2. The van der Waals surface area contributed by atoms with Crippen LogP contribution in [0, 0.1) is 6.92 Å². The number of aromatic nitrogens is 1. The van der Waals surface area contributed by atoms with E-state index in [4.69, 9.17) is 0 Å². The van der Waals surface area contributed by atoms with Gasteiger partial charge in [-0.2, -0.15) is 0 Å². The number of thiazole rings is 1. The molecule has 0 bridgehead atoms. The van der Waals surface area contributed by atoms with Crippen molar-refractivity contribution in [1.82, 2.24) is 15.2 Å². The molecule has 1 fully saturated rings.